The van der Waals surface area contributed by atoms with Crippen molar-refractivity contribution >= 4 is 11.9 Å². The summed E-state index contributed by atoms with van der Waals surface area (Å²) in [6.45, 7) is 2.60. The van der Waals surface area contributed by atoms with E-state index >= 15 is 0 Å². The Morgan fingerprint density at radius 1 is 1.08 bits per heavy atom. The second kappa shape index (κ2) is 8.14. The van der Waals surface area contributed by atoms with Gasteiger partial charge in [0.2, 0.25) is 0 Å². The van der Waals surface area contributed by atoms with Gasteiger partial charge in [-0.1, -0.05) is 18.2 Å². The van der Waals surface area contributed by atoms with Gasteiger partial charge < -0.3 is 15.5 Å². The highest BCUT2D eigenvalue weighted by Crippen LogP contribution is 2.32. The van der Waals surface area contributed by atoms with Crippen LogP contribution in [0, 0.1) is 17.7 Å². The maximum atomic E-state index is 13.1. The van der Waals surface area contributed by atoms with Gasteiger partial charge in [-0.15, -0.1) is 0 Å². The van der Waals surface area contributed by atoms with E-state index in [0.29, 0.717) is 36.9 Å². The van der Waals surface area contributed by atoms with Gasteiger partial charge in [0.05, 0.1) is 0 Å². The Morgan fingerprint density at radius 3 is 2.44 bits per heavy atom. The molecule has 6 heteroatoms. The standard InChI is InChI=1S/C19H24FN3O2/c20-17-8-3-7-14(11-17)18(24)21-9-4-10-22-19(25)23-12-15-5-1-2-6-16(15)13-23/h1-3,7-8,11,15-16H,4-6,9-10,12-13H2,(H,21,24)(H,22,25)/t15-,16-/m1/s1. The van der Waals surface area contributed by atoms with Crippen molar-refractivity contribution in [3.8, 4) is 0 Å². The van der Waals surface area contributed by atoms with Crippen molar-refractivity contribution in [2.45, 2.75) is 19.3 Å². The van der Waals surface area contributed by atoms with Crippen molar-refractivity contribution in [2.75, 3.05) is 26.2 Å². The van der Waals surface area contributed by atoms with Gasteiger partial charge in [0.1, 0.15) is 5.82 Å². The molecule has 0 aromatic heterocycles. The van der Waals surface area contributed by atoms with Gasteiger partial charge in [0, 0.05) is 31.7 Å². The zero-order valence-electron chi connectivity index (χ0n) is 14.2. The molecule has 1 aliphatic heterocycles. The summed E-state index contributed by atoms with van der Waals surface area (Å²) >= 11 is 0. The molecule has 1 saturated heterocycles. The van der Waals surface area contributed by atoms with Crippen LogP contribution in [0.2, 0.25) is 0 Å². The number of urea groups is 1. The lowest BCUT2D eigenvalue weighted by Crippen LogP contribution is -2.40. The first-order valence-corrected chi connectivity index (χ1v) is 8.85. The fourth-order valence-electron chi connectivity index (χ4n) is 3.51. The molecule has 25 heavy (non-hydrogen) atoms. The Labute approximate surface area is 147 Å². The summed E-state index contributed by atoms with van der Waals surface area (Å²) in [5, 5.41) is 5.64. The molecule has 2 aliphatic rings. The molecule has 2 atom stereocenters. The third kappa shape index (κ3) is 4.59. The van der Waals surface area contributed by atoms with Crippen LogP contribution in [-0.2, 0) is 0 Å². The number of allylic oxidation sites excluding steroid dienone is 2. The predicted molar refractivity (Wildman–Crippen MR) is 93.7 cm³/mol. The minimum atomic E-state index is -0.429. The third-order valence-electron chi connectivity index (χ3n) is 4.91. The molecule has 2 N–H and O–H groups in total. The SMILES string of the molecule is O=C(NCCCNC(=O)N1C[C@H]2CC=CC[C@@H]2C1)c1cccc(F)c1. The average molecular weight is 345 g/mol. The van der Waals surface area contributed by atoms with E-state index < -0.39 is 5.82 Å². The number of amides is 3. The zero-order valence-corrected chi connectivity index (χ0v) is 14.2. The molecule has 1 heterocycles. The summed E-state index contributed by atoms with van der Waals surface area (Å²) in [5.41, 5.74) is 0.303. The summed E-state index contributed by atoms with van der Waals surface area (Å²) < 4.78 is 13.1. The molecule has 0 spiro atoms. The maximum Gasteiger partial charge on any atom is 0.317 e. The van der Waals surface area contributed by atoms with Gasteiger partial charge >= 0.3 is 6.03 Å². The van der Waals surface area contributed by atoms with Crippen LogP contribution in [0.4, 0.5) is 9.18 Å². The Kier molecular flexibility index (Phi) is 5.68. The molecular formula is C19H24FN3O2. The number of fused-ring (bicyclic) bond motifs is 1. The smallest absolute Gasteiger partial charge is 0.317 e. The number of carbonyl (C=O) groups is 2. The molecule has 5 nitrogen and oxygen atoms in total. The Bertz CT molecular complexity index is 646. The number of carbonyl (C=O) groups excluding carboxylic acids is 2. The lowest BCUT2D eigenvalue weighted by atomic mass is 9.86. The maximum absolute atomic E-state index is 13.1. The number of hydrogen-bond donors (Lipinski definition) is 2. The minimum absolute atomic E-state index is 0.0224. The molecule has 1 fully saturated rings. The van der Waals surface area contributed by atoms with Crippen LogP contribution in [0.15, 0.2) is 36.4 Å². The van der Waals surface area contributed by atoms with Crippen LogP contribution in [0.1, 0.15) is 29.6 Å². The van der Waals surface area contributed by atoms with Crippen molar-refractivity contribution in [3.05, 3.63) is 47.8 Å². The quantitative estimate of drug-likeness (QED) is 0.636. The number of likely N-dealkylation sites (tertiary alicyclic amines) is 1. The molecule has 3 rings (SSSR count). The highest BCUT2D eigenvalue weighted by Gasteiger charge is 2.34. The van der Waals surface area contributed by atoms with Crippen molar-refractivity contribution in [1.29, 1.82) is 0 Å². The number of rotatable bonds is 5. The molecule has 1 aliphatic carbocycles. The number of nitrogens with zero attached hydrogens (tertiary/aromatic N) is 1. The fourth-order valence-corrected chi connectivity index (χ4v) is 3.51. The van der Waals surface area contributed by atoms with Crippen LogP contribution in [0.3, 0.4) is 0 Å². The Balaban J connectivity index is 1.32. The van der Waals surface area contributed by atoms with Crippen molar-refractivity contribution < 1.29 is 14.0 Å². The lowest BCUT2D eigenvalue weighted by molar-refractivity contribution is 0.0953. The van der Waals surface area contributed by atoms with Crippen molar-refractivity contribution in [2.24, 2.45) is 11.8 Å². The van der Waals surface area contributed by atoms with E-state index in [1.807, 2.05) is 4.90 Å². The second-order valence-electron chi connectivity index (χ2n) is 6.72. The minimum Gasteiger partial charge on any atom is -0.352 e. The highest BCUT2D eigenvalue weighted by atomic mass is 19.1. The third-order valence-corrected chi connectivity index (χ3v) is 4.91. The van der Waals surface area contributed by atoms with Crippen molar-refractivity contribution in [1.82, 2.24) is 15.5 Å². The molecule has 3 amide bonds. The van der Waals surface area contributed by atoms with Crippen LogP contribution < -0.4 is 10.6 Å². The molecular weight excluding hydrogens is 321 g/mol. The molecule has 0 radical (unpaired) electrons. The Hall–Kier alpha value is -2.37. The summed E-state index contributed by atoms with van der Waals surface area (Å²) in [4.78, 5) is 26.0. The summed E-state index contributed by atoms with van der Waals surface area (Å²) in [6.07, 6.45) is 7.20. The highest BCUT2D eigenvalue weighted by molar-refractivity contribution is 5.94. The normalized spacial score (nSPS) is 21.7. The van der Waals surface area contributed by atoms with Gasteiger partial charge in [-0.3, -0.25) is 4.79 Å². The first-order chi connectivity index (χ1) is 12.1. The Morgan fingerprint density at radius 2 is 1.76 bits per heavy atom. The fraction of sp³-hybridized carbons (Fsp3) is 0.474. The van der Waals surface area contributed by atoms with Gasteiger partial charge in [-0.25, -0.2) is 9.18 Å². The van der Waals surface area contributed by atoms with E-state index in [4.69, 9.17) is 0 Å². The van der Waals surface area contributed by atoms with E-state index in [1.54, 1.807) is 6.07 Å². The largest absolute Gasteiger partial charge is 0.352 e. The van der Waals surface area contributed by atoms with Gasteiger partial charge in [0.15, 0.2) is 0 Å². The summed E-state index contributed by atoms with van der Waals surface area (Å²) in [7, 11) is 0. The number of benzene rings is 1. The van der Waals surface area contributed by atoms with Gasteiger partial charge in [-0.2, -0.15) is 0 Å². The molecule has 0 saturated carbocycles. The summed E-state index contributed by atoms with van der Waals surface area (Å²) in [5.74, 6) is 0.464. The monoisotopic (exact) mass is 345 g/mol. The molecule has 0 bridgehead atoms. The zero-order chi connectivity index (χ0) is 17.6. The first kappa shape index (κ1) is 17.5. The van der Waals surface area contributed by atoms with Gasteiger partial charge in [-0.05, 0) is 49.3 Å². The van der Waals surface area contributed by atoms with Crippen LogP contribution in [0.5, 0.6) is 0 Å². The second-order valence-corrected chi connectivity index (χ2v) is 6.72. The number of nitrogens with one attached hydrogen (secondary N) is 2. The van der Waals surface area contributed by atoms with Crippen molar-refractivity contribution in [3.63, 3.8) is 0 Å². The van der Waals surface area contributed by atoms with E-state index in [-0.39, 0.29) is 11.9 Å². The van der Waals surface area contributed by atoms with Crippen LogP contribution in [-0.4, -0.2) is 43.0 Å². The van der Waals surface area contributed by atoms with Crippen LogP contribution in [0.25, 0.3) is 0 Å². The molecule has 0 unspecified atom stereocenters. The van der Waals surface area contributed by atoms with Gasteiger partial charge in [0.25, 0.3) is 5.91 Å². The topological polar surface area (TPSA) is 61.4 Å². The molecule has 134 valence electrons. The number of hydrogen-bond acceptors (Lipinski definition) is 2. The van der Waals surface area contributed by atoms with E-state index in [2.05, 4.69) is 22.8 Å². The van der Waals surface area contributed by atoms with E-state index in [9.17, 15) is 14.0 Å². The number of halogens is 1. The lowest BCUT2D eigenvalue weighted by Gasteiger charge is -2.17. The predicted octanol–water partition coefficient (Wildman–Crippen LogP) is 2.55. The van der Waals surface area contributed by atoms with E-state index in [0.717, 1.165) is 25.9 Å². The molecule has 1 aromatic carbocycles. The average Bonchev–Trinajstić information content (AvgIpc) is 3.05. The van der Waals surface area contributed by atoms with Crippen LogP contribution >= 0.6 is 0 Å². The first-order valence-electron chi connectivity index (χ1n) is 8.85. The molecule has 1 aromatic rings. The van der Waals surface area contributed by atoms with E-state index in [1.165, 1.54) is 18.2 Å². The summed E-state index contributed by atoms with van der Waals surface area (Å²) in [6, 6.07) is 5.57.